The van der Waals surface area contributed by atoms with E-state index < -0.39 is 0 Å². The van der Waals surface area contributed by atoms with Crippen LogP contribution < -0.4 is 5.73 Å². The first-order chi connectivity index (χ1) is 7.79. The third kappa shape index (κ3) is 3.22. The van der Waals surface area contributed by atoms with Crippen LogP contribution in [0.2, 0.25) is 0 Å². The highest BCUT2D eigenvalue weighted by Crippen LogP contribution is 2.28. The van der Waals surface area contributed by atoms with Gasteiger partial charge in [0, 0.05) is 31.4 Å². The molecule has 3 heteroatoms. The van der Waals surface area contributed by atoms with Gasteiger partial charge in [-0.2, -0.15) is 0 Å². The molecule has 0 amide bonds. The molecule has 0 aromatic heterocycles. The van der Waals surface area contributed by atoms with E-state index in [2.05, 4.69) is 17.0 Å². The topological polar surface area (TPSA) is 49.5 Å². The lowest BCUT2D eigenvalue weighted by molar-refractivity contribution is 0.211. The van der Waals surface area contributed by atoms with Crippen LogP contribution in [-0.2, 0) is 6.54 Å². The molecule has 3 nitrogen and oxygen atoms in total. The minimum Gasteiger partial charge on any atom is -0.399 e. The van der Waals surface area contributed by atoms with Crippen LogP contribution in [0.3, 0.4) is 0 Å². The third-order valence-electron chi connectivity index (χ3n) is 3.03. The summed E-state index contributed by atoms with van der Waals surface area (Å²) in [5.41, 5.74) is 7.78. The van der Waals surface area contributed by atoms with Gasteiger partial charge in [0.15, 0.2) is 0 Å². The summed E-state index contributed by atoms with van der Waals surface area (Å²) in [6.45, 7) is 2.25. The molecule has 88 valence electrons. The highest BCUT2D eigenvalue weighted by molar-refractivity contribution is 5.39. The lowest BCUT2D eigenvalue weighted by atomic mass is 10.2. The van der Waals surface area contributed by atoms with Crippen LogP contribution in [0, 0.1) is 0 Å². The zero-order valence-corrected chi connectivity index (χ0v) is 9.60. The molecule has 3 N–H and O–H groups in total. The molecular weight excluding hydrogens is 200 g/mol. The van der Waals surface area contributed by atoms with Crippen molar-refractivity contribution in [3.8, 4) is 0 Å². The second kappa shape index (κ2) is 5.32. The zero-order valence-electron chi connectivity index (χ0n) is 9.60. The van der Waals surface area contributed by atoms with Gasteiger partial charge in [0.05, 0.1) is 0 Å². The van der Waals surface area contributed by atoms with Crippen molar-refractivity contribution in [1.29, 1.82) is 0 Å². The first-order valence-electron chi connectivity index (χ1n) is 5.99. The molecule has 1 aliphatic carbocycles. The molecule has 0 radical (unpaired) electrons. The maximum Gasteiger partial charge on any atom is 0.0443 e. The zero-order chi connectivity index (χ0) is 11.4. The summed E-state index contributed by atoms with van der Waals surface area (Å²) in [6.07, 6.45) is 3.48. The monoisotopic (exact) mass is 220 g/mol. The third-order valence-corrected chi connectivity index (χ3v) is 3.03. The number of aliphatic hydroxyl groups excluding tert-OH is 1. The summed E-state index contributed by atoms with van der Waals surface area (Å²) in [4.78, 5) is 2.46. The average Bonchev–Trinajstić information content (AvgIpc) is 3.11. The molecule has 2 rings (SSSR count). The molecule has 0 spiro atoms. The number of hydrogen-bond donors (Lipinski definition) is 2. The molecular formula is C13H20N2O. The Bertz CT molecular complexity index is 319. The Kier molecular flexibility index (Phi) is 3.80. The smallest absolute Gasteiger partial charge is 0.0443 e. The van der Waals surface area contributed by atoms with Gasteiger partial charge in [-0.05, 0) is 37.0 Å². The van der Waals surface area contributed by atoms with Gasteiger partial charge < -0.3 is 10.8 Å². The molecule has 1 fully saturated rings. The molecule has 1 aromatic rings. The number of hydrogen-bond acceptors (Lipinski definition) is 3. The van der Waals surface area contributed by atoms with Crippen molar-refractivity contribution in [2.75, 3.05) is 18.9 Å². The summed E-state index contributed by atoms with van der Waals surface area (Å²) in [5, 5.41) is 8.88. The Balaban J connectivity index is 1.91. The van der Waals surface area contributed by atoms with Gasteiger partial charge in [0.25, 0.3) is 0 Å². The Morgan fingerprint density at radius 1 is 1.25 bits per heavy atom. The second-order valence-corrected chi connectivity index (χ2v) is 4.52. The standard InChI is InChI=1S/C13H20N2O/c14-12-4-2-11(3-5-12)10-15(8-1-9-16)13-6-7-13/h2-5,13,16H,1,6-10,14H2. The molecule has 0 heterocycles. The number of rotatable bonds is 6. The molecule has 1 aliphatic rings. The van der Waals surface area contributed by atoms with E-state index >= 15 is 0 Å². The van der Waals surface area contributed by atoms with Crippen LogP contribution in [0.25, 0.3) is 0 Å². The summed E-state index contributed by atoms with van der Waals surface area (Å²) in [6, 6.07) is 8.82. The van der Waals surface area contributed by atoms with Gasteiger partial charge in [0.1, 0.15) is 0 Å². The van der Waals surface area contributed by atoms with E-state index in [9.17, 15) is 0 Å². The van der Waals surface area contributed by atoms with E-state index in [-0.39, 0.29) is 6.61 Å². The van der Waals surface area contributed by atoms with E-state index in [0.29, 0.717) is 0 Å². The van der Waals surface area contributed by atoms with Crippen LogP contribution in [0.15, 0.2) is 24.3 Å². The van der Waals surface area contributed by atoms with E-state index in [1.165, 1.54) is 18.4 Å². The van der Waals surface area contributed by atoms with E-state index in [4.69, 9.17) is 10.8 Å². The molecule has 1 aromatic carbocycles. The highest BCUT2D eigenvalue weighted by Gasteiger charge is 2.28. The van der Waals surface area contributed by atoms with Crippen molar-refractivity contribution in [3.63, 3.8) is 0 Å². The van der Waals surface area contributed by atoms with Crippen molar-refractivity contribution in [3.05, 3.63) is 29.8 Å². The largest absolute Gasteiger partial charge is 0.399 e. The van der Waals surface area contributed by atoms with Crippen LogP contribution in [0.5, 0.6) is 0 Å². The number of nitrogen functional groups attached to an aromatic ring is 1. The van der Waals surface area contributed by atoms with Crippen molar-refractivity contribution in [2.24, 2.45) is 0 Å². The number of aliphatic hydroxyl groups is 1. The van der Waals surface area contributed by atoms with Crippen LogP contribution in [-0.4, -0.2) is 29.2 Å². The minimum atomic E-state index is 0.283. The number of anilines is 1. The fourth-order valence-electron chi connectivity index (χ4n) is 1.96. The second-order valence-electron chi connectivity index (χ2n) is 4.52. The van der Waals surface area contributed by atoms with Crippen LogP contribution in [0.1, 0.15) is 24.8 Å². The van der Waals surface area contributed by atoms with Gasteiger partial charge >= 0.3 is 0 Å². The Labute approximate surface area is 96.9 Å². The number of nitrogens with two attached hydrogens (primary N) is 1. The summed E-state index contributed by atoms with van der Waals surface area (Å²) >= 11 is 0. The lowest BCUT2D eigenvalue weighted by Crippen LogP contribution is -2.27. The fourth-order valence-corrected chi connectivity index (χ4v) is 1.96. The van der Waals surface area contributed by atoms with Crippen molar-refractivity contribution >= 4 is 5.69 Å². The fraction of sp³-hybridized carbons (Fsp3) is 0.538. The van der Waals surface area contributed by atoms with Gasteiger partial charge in [-0.25, -0.2) is 0 Å². The van der Waals surface area contributed by atoms with Crippen LogP contribution >= 0.6 is 0 Å². The Morgan fingerprint density at radius 3 is 2.50 bits per heavy atom. The van der Waals surface area contributed by atoms with Gasteiger partial charge in [0.2, 0.25) is 0 Å². The molecule has 0 atom stereocenters. The summed E-state index contributed by atoms with van der Waals surface area (Å²) < 4.78 is 0. The summed E-state index contributed by atoms with van der Waals surface area (Å²) in [7, 11) is 0. The van der Waals surface area contributed by atoms with Gasteiger partial charge in [-0.3, -0.25) is 4.90 Å². The first-order valence-corrected chi connectivity index (χ1v) is 5.99. The molecule has 16 heavy (non-hydrogen) atoms. The molecule has 0 unspecified atom stereocenters. The van der Waals surface area contributed by atoms with Crippen molar-refractivity contribution in [2.45, 2.75) is 31.8 Å². The van der Waals surface area contributed by atoms with E-state index in [1.54, 1.807) is 0 Å². The molecule has 1 saturated carbocycles. The van der Waals surface area contributed by atoms with Gasteiger partial charge in [-0.15, -0.1) is 0 Å². The van der Waals surface area contributed by atoms with Crippen molar-refractivity contribution < 1.29 is 5.11 Å². The number of benzene rings is 1. The highest BCUT2D eigenvalue weighted by atomic mass is 16.3. The van der Waals surface area contributed by atoms with Gasteiger partial charge in [-0.1, -0.05) is 12.1 Å². The maximum atomic E-state index is 8.88. The Morgan fingerprint density at radius 2 is 1.94 bits per heavy atom. The maximum absolute atomic E-state index is 8.88. The predicted molar refractivity (Wildman–Crippen MR) is 66.0 cm³/mol. The number of nitrogens with zero attached hydrogens (tertiary/aromatic N) is 1. The molecule has 0 aliphatic heterocycles. The quantitative estimate of drug-likeness (QED) is 0.716. The summed E-state index contributed by atoms with van der Waals surface area (Å²) in [5.74, 6) is 0. The first kappa shape index (κ1) is 11.4. The molecule has 0 saturated heterocycles. The van der Waals surface area contributed by atoms with E-state index in [1.807, 2.05) is 12.1 Å². The lowest BCUT2D eigenvalue weighted by Gasteiger charge is -2.21. The van der Waals surface area contributed by atoms with Crippen LogP contribution in [0.4, 0.5) is 5.69 Å². The Hall–Kier alpha value is -1.06. The predicted octanol–water partition coefficient (Wildman–Crippen LogP) is 1.62. The van der Waals surface area contributed by atoms with Crippen molar-refractivity contribution in [1.82, 2.24) is 4.90 Å². The molecule has 0 bridgehead atoms. The SMILES string of the molecule is Nc1ccc(CN(CCCO)C2CC2)cc1. The van der Waals surface area contributed by atoms with E-state index in [0.717, 1.165) is 31.2 Å². The normalized spacial score (nSPS) is 15.6. The average molecular weight is 220 g/mol. The minimum absolute atomic E-state index is 0.283.